The molecule has 1 fully saturated rings. The van der Waals surface area contributed by atoms with Gasteiger partial charge in [-0.1, -0.05) is 29.8 Å². The predicted octanol–water partition coefficient (Wildman–Crippen LogP) is 2.17. The molecule has 1 aliphatic rings. The zero-order valence-electron chi connectivity index (χ0n) is 12.9. The number of nitrogens with one attached hydrogen (secondary N) is 1. The molecule has 0 heterocycles. The summed E-state index contributed by atoms with van der Waals surface area (Å²) < 4.78 is 5.04. The monoisotopic (exact) mass is 303 g/mol. The van der Waals surface area contributed by atoms with Gasteiger partial charge in [0.05, 0.1) is 6.42 Å². The van der Waals surface area contributed by atoms with Crippen LogP contribution in [0.25, 0.3) is 0 Å². The number of aryl methyl sites for hydroxylation is 1. The molecular weight excluding hydrogens is 282 g/mol. The Labute approximate surface area is 130 Å². The highest BCUT2D eigenvalue weighted by Crippen LogP contribution is 2.18. The maximum Gasteiger partial charge on any atom is 0.307 e. The number of hydrogen-bond acceptors (Lipinski definition) is 4. The minimum absolute atomic E-state index is 0.0201. The summed E-state index contributed by atoms with van der Waals surface area (Å²) in [5, 5.41) is 2.77. The van der Waals surface area contributed by atoms with Crippen LogP contribution < -0.4 is 5.32 Å². The van der Waals surface area contributed by atoms with E-state index < -0.39 is 12.1 Å². The number of ether oxygens (including phenoxy) is 1. The Morgan fingerprint density at radius 2 is 1.82 bits per heavy atom. The molecule has 0 saturated heterocycles. The number of hydrogen-bond donors (Lipinski definition) is 1. The largest absolute Gasteiger partial charge is 0.453 e. The first-order chi connectivity index (χ1) is 10.5. The fourth-order valence-electron chi connectivity index (χ4n) is 1.96. The zero-order chi connectivity index (χ0) is 16.1. The standard InChI is InChI=1S/C17H21NO4/c1-11-3-5-13(6-4-11)15(19)9-10-16(20)22-12(2)17(21)18-14-7-8-14/h3-6,12,14H,7-10H2,1-2H3,(H,18,21). The van der Waals surface area contributed by atoms with Crippen LogP contribution in [-0.2, 0) is 14.3 Å². The number of esters is 1. The van der Waals surface area contributed by atoms with Gasteiger partial charge in [0.1, 0.15) is 0 Å². The topological polar surface area (TPSA) is 72.5 Å². The third kappa shape index (κ3) is 4.98. The average Bonchev–Trinajstić information content (AvgIpc) is 3.29. The van der Waals surface area contributed by atoms with Crippen molar-refractivity contribution in [2.45, 2.75) is 51.7 Å². The maximum absolute atomic E-state index is 11.9. The van der Waals surface area contributed by atoms with E-state index in [2.05, 4.69) is 5.32 Å². The first-order valence-corrected chi connectivity index (χ1v) is 7.55. The van der Waals surface area contributed by atoms with Crippen LogP contribution in [0.15, 0.2) is 24.3 Å². The van der Waals surface area contributed by atoms with E-state index in [1.165, 1.54) is 6.92 Å². The summed E-state index contributed by atoms with van der Waals surface area (Å²) in [5.74, 6) is -0.911. The zero-order valence-corrected chi connectivity index (χ0v) is 12.9. The van der Waals surface area contributed by atoms with Crippen LogP contribution in [0.5, 0.6) is 0 Å². The quantitative estimate of drug-likeness (QED) is 0.619. The third-order valence-electron chi connectivity index (χ3n) is 3.53. The Morgan fingerprint density at radius 3 is 2.41 bits per heavy atom. The van der Waals surface area contributed by atoms with E-state index in [9.17, 15) is 14.4 Å². The summed E-state index contributed by atoms with van der Waals surface area (Å²) in [6.45, 7) is 3.48. The van der Waals surface area contributed by atoms with Gasteiger partial charge < -0.3 is 10.1 Å². The fraction of sp³-hybridized carbons (Fsp3) is 0.471. The van der Waals surface area contributed by atoms with E-state index in [1.54, 1.807) is 12.1 Å². The van der Waals surface area contributed by atoms with Crippen LogP contribution in [0.3, 0.4) is 0 Å². The molecule has 0 bridgehead atoms. The number of amides is 1. The predicted molar refractivity (Wildman–Crippen MR) is 81.5 cm³/mol. The highest BCUT2D eigenvalue weighted by atomic mass is 16.5. The summed E-state index contributed by atoms with van der Waals surface area (Å²) in [5.41, 5.74) is 1.66. The third-order valence-corrected chi connectivity index (χ3v) is 3.53. The van der Waals surface area contributed by atoms with Gasteiger partial charge in [0.15, 0.2) is 11.9 Å². The van der Waals surface area contributed by atoms with Crippen molar-refractivity contribution in [2.24, 2.45) is 0 Å². The van der Waals surface area contributed by atoms with E-state index in [0.29, 0.717) is 5.56 Å². The van der Waals surface area contributed by atoms with Gasteiger partial charge in [0, 0.05) is 18.0 Å². The summed E-state index contributed by atoms with van der Waals surface area (Å²) in [4.78, 5) is 35.3. The highest BCUT2D eigenvalue weighted by Gasteiger charge is 2.27. The van der Waals surface area contributed by atoms with E-state index in [1.807, 2.05) is 19.1 Å². The Balaban J connectivity index is 1.73. The first kappa shape index (κ1) is 16.2. The molecule has 1 N–H and O–H groups in total. The molecule has 1 atom stereocenters. The van der Waals surface area contributed by atoms with Crippen LogP contribution >= 0.6 is 0 Å². The van der Waals surface area contributed by atoms with Gasteiger partial charge in [-0.25, -0.2) is 0 Å². The molecule has 1 amide bonds. The summed E-state index contributed by atoms with van der Waals surface area (Å²) in [7, 11) is 0. The van der Waals surface area contributed by atoms with Crippen LogP contribution in [0.2, 0.25) is 0 Å². The van der Waals surface area contributed by atoms with Crippen molar-refractivity contribution in [2.75, 3.05) is 0 Å². The Bertz CT molecular complexity index is 561. The second-order valence-corrected chi connectivity index (χ2v) is 5.70. The van der Waals surface area contributed by atoms with Crippen molar-refractivity contribution in [1.29, 1.82) is 0 Å². The number of rotatable bonds is 7. The van der Waals surface area contributed by atoms with E-state index in [4.69, 9.17) is 4.74 Å². The number of ketones is 1. The van der Waals surface area contributed by atoms with Crippen LogP contribution in [0.4, 0.5) is 0 Å². The van der Waals surface area contributed by atoms with Gasteiger partial charge in [-0.05, 0) is 26.7 Å². The fourth-order valence-corrected chi connectivity index (χ4v) is 1.96. The molecule has 22 heavy (non-hydrogen) atoms. The van der Waals surface area contributed by atoms with Crippen LogP contribution in [0, 0.1) is 6.92 Å². The molecule has 1 aromatic rings. The summed E-state index contributed by atoms with van der Waals surface area (Å²) in [6.07, 6.45) is 1.21. The smallest absolute Gasteiger partial charge is 0.307 e. The number of carbonyl (C=O) groups is 3. The maximum atomic E-state index is 11.9. The number of benzene rings is 1. The first-order valence-electron chi connectivity index (χ1n) is 7.55. The van der Waals surface area contributed by atoms with Gasteiger partial charge in [-0.15, -0.1) is 0 Å². The molecule has 1 aromatic carbocycles. The lowest BCUT2D eigenvalue weighted by Gasteiger charge is -2.12. The van der Waals surface area contributed by atoms with Crippen molar-refractivity contribution >= 4 is 17.7 Å². The molecular formula is C17H21NO4. The molecule has 5 nitrogen and oxygen atoms in total. The van der Waals surface area contributed by atoms with Gasteiger partial charge in [0.2, 0.25) is 0 Å². The molecule has 1 aliphatic carbocycles. The van der Waals surface area contributed by atoms with Crippen molar-refractivity contribution in [1.82, 2.24) is 5.32 Å². The lowest BCUT2D eigenvalue weighted by atomic mass is 10.1. The van der Waals surface area contributed by atoms with Gasteiger partial charge >= 0.3 is 5.97 Å². The average molecular weight is 303 g/mol. The number of carbonyl (C=O) groups excluding carboxylic acids is 3. The molecule has 1 saturated carbocycles. The number of Topliss-reactive ketones (excluding diaryl/α,β-unsaturated/α-hetero) is 1. The molecule has 2 rings (SSSR count). The van der Waals surface area contributed by atoms with Crippen LogP contribution in [-0.4, -0.2) is 29.8 Å². The SMILES string of the molecule is Cc1ccc(C(=O)CCC(=O)OC(C)C(=O)NC2CC2)cc1. The Morgan fingerprint density at radius 1 is 1.18 bits per heavy atom. The molecule has 0 radical (unpaired) electrons. The van der Waals surface area contributed by atoms with E-state index >= 15 is 0 Å². The molecule has 0 aliphatic heterocycles. The lowest BCUT2D eigenvalue weighted by molar-refractivity contribution is -0.154. The molecule has 5 heteroatoms. The summed E-state index contributed by atoms with van der Waals surface area (Å²) >= 11 is 0. The minimum Gasteiger partial charge on any atom is -0.453 e. The summed E-state index contributed by atoms with van der Waals surface area (Å²) in [6, 6.07) is 7.44. The molecule has 0 aromatic heterocycles. The molecule has 0 spiro atoms. The van der Waals surface area contributed by atoms with Crippen molar-refractivity contribution in [3.8, 4) is 0 Å². The van der Waals surface area contributed by atoms with Gasteiger partial charge in [0.25, 0.3) is 5.91 Å². The van der Waals surface area contributed by atoms with E-state index in [-0.39, 0.29) is 30.6 Å². The normalized spacial score (nSPS) is 15.0. The molecule has 118 valence electrons. The Hall–Kier alpha value is -2.17. The van der Waals surface area contributed by atoms with E-state index in [0.717, 1.165) is 18.4 Å². The molecule has 1 unspecified atom stereocenters. The second-order valence-electron chi connectivity index (χ2n) is 5.70. The lowest BCUT2D eigenvalue weighted by Crippen LogP contribution is -2.37. The van der Waals surface area contributed by atoms with Crippen molar-refractivity contribution in [3.05, 3.63) is 35.4 Å². The van der Waals surface area contributed by atoms with Crippen molar-refractivity contribution in [3.63, 3.8) is 0 Å². The van der Waals surface area contributed by atoms with Crippen molar-refractivity contribution < 1.29 is 19.1 Å². The van der Waals surface area contributed by atoms with Gasteiger partial charge in [-0.3, -0.25) is 14.4 Å². The Kier molecular flexibility index (Phi) is 5.31. The highest BCUT2D eigenvalue weighted by molar-refractivity contribution is 5.97. The second kappa shape index (κ2) is 7.20. The minimum atomic E-state index is -0.817. The van der Waals surface area contributed by atoms with Crippen LogP contribution in [0.1, 0.15) is 48.5 Å². The van der Waals surface area contributed by atoms with Gasteiger partial charge in [-0.2, -0.15) is 0 Å².